The van der Waals surface area contributed by atoms with Crippen molar-refractivity contribution >= 4 is 0 Å². The smallest absolute Gasteiger partial charge is 0.145 e. The van der Waals surface area contributed by atoms with Crippen molar-refractivity contribution < 1.29 is 4.39 Å². The maximum Gasteiger partial charge on any atom is 0.145 e. The highest BCUT2D eigenvalue weighted by Gasteiger charge is 2.09. The maximum atomic E-state index is 13.8. The Labute approximate surface area is 111 Å². The first-order valence-electron chi connectivity index (χ1n) is 6.07. The second kappa shape index (κ2) is 6.12. The average Bonchev–Trinajstić information content (AvgIpc) is 2.90. The molecule has 1 N–H and O–H groups in total. The first-order chi connectivity index (χ1) is 9.20. The zero-order valence-corrected chi connectivity index (χ0v) is 10.7. The summed E-state index contributed by atoms with van der Waals surface area (Å²) < 4.78 is 15.8. The molecule has 0 radical (unpaired) electrons. The Morgan fingerprint density at radius 1 is 1.53 bits per heavy atom. The Morgan fingerprint density at radius 2 is 2.37 bits per heavy atom. The molecule has 19 heavy (non-hydrogen) atoms. The molecule has 0 aliphatic carbocycles. The third kappa shape index (κ3) is 3.39. The van der Waals surface area contributed by atoms with Crippen LogP contribution in [0.15, 0.2) is 36.9 Å². The van der Waals surface area contributed by atoms with Gasteiger partial charge in [0, 0.05) is 37.1 Å². The summed E-state index contributed by atoms with van der Waals surface area (Å²) in [5.74, 6) is -0.438. The molecule has 1 aromatic heterocycles. The zero-order valence-electron chi connectivity index (χ0n) is 10.7. The monoisotopic (exact) mass is 258 g/mol. The van der Waals surface area contributed by atoms with Gasteiger partial charge in [-0.25, -0.2) is 9.37 Å². The highest BCUT2D eigenvalue weighted by molar-refractivity contribution is 5.34. The lowest BCUT2D eigenvalue weighted by Crippen LogP contribution is -2.30. The van der Waals surface area contributed by atoms with Gasteiger partial charge in [0.15, 0.2) is 0 Å². The van der Waals surface area contributed by atoms with Gasteiger partial charge in [-0.2, -0.15) is 5.26 Å². The van der Waals surface area contributed by atoms with Crippen LogP contribution < -0.4 is 5.32 Å². The number of benzene rings is 1. The predicted molar refractivity (Wildman–Crippen MR) is 69.6 cm³/mol. The third-order valence-corrected chi connectivity index (χ3v) is 2.88. The van der Waals surface area contributed by atoms with E-state index in [2.05, 4.69) is 10.3 Å². The Morgan fingerprint density at radius 3 is 3.05 bits per heavy atom. The van der Waals surface area contributed by atoms with Gasteiger partial charge in [-0.05, 0) is 13.0 Å². The van der Waals surface area contributed by atoms with Crippen LogP contribution in [0.3, 0.4) is 0 Å². The summed E-state index contributed by atoms with van der Waals surface area (Å²) in [6.07, 6.45) is 5.35. The fourth-order valence-corrected chi connectivity index (χ4v) is 1.86. The third-order valence-electron chi connectivity index (χ3n) is 2.88. The van der Waals surface area contributed by atoms with Crippen LogP contribution in [0.4, 0.5) is 4.39 Å². The molecule has 1 heterocycles. The zero-order chi connectivity index (χ0) is 13.7. The van der Waals surface area contributed by atoms with Crippen LogP contribution >= 0.6 is 0 Å². The number of nitrogens with zero attached hydrogens (tertiary/aromatic N) is 3. The van der Waals surface area contributed by atoms with Crippen LogP contribution in [-0.2, 0) is 13.1 Å². The van der Waals surface area contributed by atoms with E-state index < -0.39 is 5.82 Å². The van der Waals surface area contributed by atoms with Gasteiger partial charge < -0.3 is 9.88 Å². The van der Waals surface area contributed by atoms with Gasteiger partial charge in [-0.3, -0.25) is 0 Å². The normalized spacial score (nSPS) is 12.1. The first-order valence-corrected chi connectivity index (χ1v) is 6.07. The standard InChI is InChI=1S/C14H15FN4/c1-11(9-19-6-5-17-10-19)18-8-13-4-2-3-12(7-16)14(13)15/h2-6,10-11,18H,8-9H2,1H3. The Bertz CT molecular complexity index is 572. The van der Waals surface area contributed by atoms with E-state index in [-0.39, 0.29) is 11.6 Å². The molecule has 1 aromatic carbocycles. The van der Waals surface area contributed by atoms with Crippen molar-refractivity contribution in [3.05, 3.63) is 53.9 Å². The van der Waals surface area contributed by atoms with E-state index in [1.165, 1.54) is 6.07 Å². The fourth-order valence-electron chi connectivity index (χ4n) is 1.86. The number of rotatable bonds is 5. The van der Waals surface area contributed by atoms with Gasteiger partial charge in [-0.15, -0.1) is 0 Å². The van der Waals surface area contributed by atoms with Crippen LogP contribution in [0, 0.1) is 17.1 Å². The molecule has 98 valence electrons. The molecule has 0 saturated carbocycles. The molecular formula is C14H15FN4. The first kappa shape index (κ1) is 13.2. The largest absolute Gasteiger partial charge is 0.336 e. The quantitative estimate of drug-likeness (QED) is 0.893. The van der Waals surface area contributed by atoms with Crippen molar-refractivity contribution in [3.63, 3.8) is 0 Å². The van der Waals surface area contributed by atoms with E-state index in [1.807, 2.05) is 23.8 Å². The summed E-state index contributed by atoms with van der Waals surface area (Å²) in [7, 11) is 0. The summed E-state index contributed by atoms with van der Waals surface area (Å²) in [6, 6.07) is 6.89. The van der Waals surface area contributed by atoms with Crippen LogP contribution in [0.5, 0.6) is 0 Å². The molecule has 0 bridgehead atoms. The van der Waals surface area contributed by atoms with Gasteiger partial charge in [0.25, 0.3) is 0 Å². The Hall–Kier alpha value is -2.19. The van der Waals surface area contributed by atoms with Gasteiger partial charge in [0.05, 0.1) is 11.9 Å². The summed E-state index contributed by atoms with van der Waals surface area (Å²) in [4.78, 5) is 3.97. The molecule has 5 heteroatoms. The number of nitrogens with one attached hydrogen (secondary N) is 1. The number of halogens is 1. The highest BCUT2D eigenvalue weighted by Crippen LogP contribution is 2.12. The minimum absolute atomic E-state index is 0.0848. The topological polar surface area (TPSA) is 53.6 Å². The van der Waals surface area contributed by atoms with E-state index >= 15 is 0 Å². The molecular weight excluding hydrogens is 243 g/mol. The van der Waals surface area contributed by atoms with Crippen molar-refractivity contribution in [2.75, 3.05) is 0 Å². The molecule has 0 spiro atoms. The van der Waals surface area contributed by atoms with Crippen LogP contribution in [-0.4, -0.2) is 15.6 Å². The molecule has 1 atom stereocenters. The molecule has 0 fully saturated rings. The summed E-state index contributed by atoms with van der Waals surface area (Å²) in [5, 5.41) is 12.0. The van der Waals surface area contributed by atoms with Crippen molar-refractivity contribution in [2.24, 2.45) is 0 Å². The molecule has 0 aliphatic rings. The minimum atomic E-state index is -0.438. The molecule has 0 saturated heterocycles. The second-order valence-corrected chi connectivity index (χ2v) is 4.43. The molecule has 0 aliphatic heterocycles. The maximum absolute atomic E-state index is 13.8. The second-order valence-electron chi connectivity index (χ2n) is 4.43. The molecule has 4 nitrogen and oxygen atoms in total. The lowest BCUT2D eigenvalue weighted by molar-refractivity contribution is 0.468. The number of imidazole rings is 1. The number of aromatic nitrogens is 2. The summed E-state index contributed by atoms with van der Waals surface area (Å²) in [6.45, 7) is 3.18. The minimum Gasteiger partial charge on any atom is -0.336 e. The molecule has 2 aromatic rings. The van der Waals surface area contributed by atoms with E-state index in [0.717, 1.165) is 6.54 Å². The Balaban J connectivity index is 1.94. The van der Waals surface area contributed by atoms with Gasteiger partial charge >= 0.3 is 0 Å². The lowest BCUT2D eigenvalue weighted by Gasteiger charge is -2.14. The van der Waals surface area contributed by atoms with Crippen molar-refractivity contribution in [2.45, 2.75) is 26.1 Å². The molecule has 1 unspecified atom stereocenters. The summed E-state index contributed by atoms with van der Waals surface area (Å²) in [5.41, 5.74) is 0.595. The molecule has 2 rings (SSSR count). The fraction of sp³-hybridized carbons (Fsp3) is 0.286. The SMILES string of the molecule is CC(Cn1ccnc1)NCc1cccc(C#N)c1F. The van der Waals surface area contributed by atoms with E-state index in [4.69, 9.17) is 5.26 Å². The number of nitriles is 1. The number of hydrogen-bond acceptors (Lipinski definition) is 3. The van der Waals surface area contributed by atoms with Crippen molar-refractivity contribution in [1.29, 1.82) is 5.26 Å². The van der Waals surface area contributed by atoms with E-state index in [9.17, 15) is 4.39 Å². The van der Waals surface area contributed by atoms with Crippen LogP contribution in [0.25, 0.3) is 0 Å². The van der Waals surface area contributed by atoms with Crippen LogP contribution in [0.2, 0.25) is 0 Å². The van der Waals surface area contributed by atoms with Crippen LogP contribution in [0.1, 0.15) is 18.1 Å². The lowest BCUT2D eigenvalue weighted by atomic mass is 10.1. The van der Waals surface area contributed by atoms with Crippen molar-refractivity contribution in [3.8, 4) is 6.07 Å². The van der Waals surface area contributed by atoms with Gasteiger partial charge in [-0.1, -0.05) is 12.1 Å². The van der Waals surface area contributed by atoms with Crippen molar-refractivity contribution in [1.82, 2.24) is 14.9 Å². The van der Waals surface area contributed by atoms with E-state index in [1.54, 1.807) is 24.7 Å². The van der Waals surface area contributed by atoms with E-state index in [0.29, 0.717) is 12.1 Å². The predicted octanol–water partition coefficient (Wildman–Crippen LogP) is 2.07. The van der Waals surface area contributed by atoms with Gasteiger partial charge in [0.1, 0.15) is 11.9 Å². The summed E-state index contributed by atoms with van der Waals surface area (Å²) >= 11 is 0. The number of hydrogen-bond donors (Lipinski definition) is 1. The average molecular weight is 258 g/mol. The molecule has 0 amide bonds. The Kier molecular flexibility index (Phi) is 4.26. The van der Waals surface area contributed by atoms with Gasteiger partial charge in [0.2, 0.25) is 0 Å². The highest BCUT2D eigenvalue weighted by atomic mass is 19.1.